The van der Waals surface area contributed by atoms with E-state index in [0.29, 0.717) is 22.9 Å². The SMILES string of the molecule is CCC(Cn1ccccc1=O)N1C(=O)[C@@](C)(CC(=O)O)CC(c2cccc(Cl)c2)[C@H]1c1ccc(Cl)cc1. The molecule has 4 rings (SSSR count). The maximum absolute atomic E-state index is 14.3. The molecule has 0 radical (unpaired) electrons. The summed E-state index contributed by atoms with van der Waals surface area (Å²) in [7, 11) is 0. The first-order valence-corrected chi connectivity index (χ1v) is 13.1. The quantitative estimate of drug-likeness (QED) is 0.370. The highest BCUT2D eigenvalue weighted by atomic mass is 35.5. The van der Waals surface area contributed by atoms with E-state index in [-0.39, 0.29) is 36.4 Å². The van der Waals surface area contributed by atoms with E-state index in [1.54, 1.807) is 48.0 Å². The number of piperidine rings is 1. The Morgan fingerprint density at radius 2 is 1.76 bits per heavy atom. The zero-order valence-corrected chi connectivity index (χ0v) is 22.3. The van der Waals surface area contributed by atoms with Gasteiger partial charge in [-0.15, -0.1) is 0 Å². The molecule has 8 heteroatoms. The van der Waals surface area contributed by atoms with Gasteiger partial charge in [-0.3, -0.25) is 14.4 Å². The molecule has 1 fully saturated rings. The first-order chi connectivity index (χ1) is 17.6. The molecule has 1 N–H and O–H groups in total. The Kier molecular flexibility index (Phi) is 8.10. The molecule has 1 amide bonds. The van der Waals surface area contributed by atoms with Gasteiger partial charge in [0.25, 0.3) is 5.56 Å². The van der Waals surface area contributed by atoms with Gasteiger partial charge >= 0.3 is 5.97 Å². The maximum atomic E-state index is 14.3. The number of amides is 1. The molecule has 2 heterocycles. The number of hydrogen-bond acceptors (Lipinski definition) is 3. The molecule has 0 saturated carbocycles. The standard InChI is InChI=1S/C29H30Cl2N2O4/c1-3-23(18-32-14-5-4-9-25(32)34)33-27(19-10-12-21(30)13-11-19)24(20-7-6-8-22(31)15-20)16-29(2,28(33)37)17-26(35)36/h4-15,23-24,27H,3,16-18H2,1-2H3,(H,35,36)/t23?,24?,27-,29-/m1/s1. The van der Waals surface area contributed by atoms with Gasteiger partial charge in [-0.25, -0.2) is 0 Å². The number of nitrogens with zero attached hydrogens (tertiary/aromatic N) is 2. The lowest BCUT2D eigenvalue weighted by molar-refractivity contribution is -0.161. The molecular formula is C29H30Cl2N2O4. The van der Waals surface area contributed by atoms with Crippen molar-refractivity contribution in [2.45, 2.75) is 57.7 Å². The molecule has 0 bridgehead atoms. The highest BCUT2D eigenvalue weighted by Gasteiger charge is 2.52. The molecular weight excluding hydrogens is 511 g/mol. The van der Waals surface area contributed by atoms with E-state index in [2.05, 4.69) is 0 Å². The summed E-state index contributed by atoms with van der Waals surface area (Å²) >= 11 is 12.6. The van der Waals surface area contributed by atoms with Crippen molar-refractivity contribution in [3.63, 3.8) is 0 Å². The van der Waals surface area contributed by atoms with E-state index < -0.39 is 17.4 Å². The van der Waals surface area contributed by atoms with Crippen molar-refractivity contribution in [3.05, 3.63) is 104 Å². The van der Waals surface area contributed by atoms with Crippen LogP contribution in [0.1, 0.15) is 56.2 Å². The first-order valence-electron chi connectivity index (χ1n) is 12.3. The second-order valence-electron chi connectivity index (χ2n) is 9.96. The number of carboxylic acid groups (broad SMARTS) is 1. The molecule has 0 aliphatic carbocycles. The first kappa shape index (κ1) is 27.0. The van der Waals surface area contributed by atoms with Crippen LogP contribution in [0.15, 0.2) is 77.7 Å². The molecule has 2 aromatic carbocycles. The normalized spacial score (nSPS) is 22.6. The number of benzene rings is 2. The van der Waals surface area contributed by atoms with Gasteiger partial charge in [0.15, 0.2) is 0 Å². The van der Waals surface area contributed by atoms with Gasteiger partial charge in [0.05, 0.1) is 23.9 Å². The number of carbonyl (C=O) groups excluding carboxylic acids is 1. The fourth-order valence-electron chi connectivity index (χ4n) is 5.53. The predicted molar refractivity (Wildman–Crippen MR) is 145 cm³/mol. The lowest BCUT2D eigenvalue weighted by Crippen LogP contribution is -2.57. The van der Waals surface area contributed by atoms with Crippen molar-refractivity contribution in [3.8, 4) is 0 Å². The van der Waals surface area contributed by atoms with Crippen LogP contribution in [-0.4, -0.2) is 32.5 Å². The average molecular weight is 541 g/mol. The van der Waals surface area contributed by atoms with Gasteiger partial charge in [0.1, 0.15) is 0 Å². The lowest BCUT2D eigenvalue weighted by atomic mass is 9.67. The molecule has 1 aliphatic heterocycles. The zero-order valence-electron chi connectivity index (χ0n) is 20.8. The van der Waals surface area contributed by atoms with E-state index in [9.17, 15) is 19.5 Å². The van der Waals surface area contributed by atoms with Crippen molar-refractivity contribution in [2.75, 3.05) is 0 Å². The van der Waals surface area contributed by atoms with Gasteiger partial charge in [-0.1, -0.05) is 67.4 Å². The largest absolute Gasteiger partial charge is 0.481 e. The minimum Gasteiger partial charge on any atom is -0.481 e. The molecule has 3 aromatic rings. The van der Waals surface area contributed by atoms with Crippen LogP contribution in [-0.2, 0) is 16.1 Å². The number of rotatable bonds is 8. The van der Waals surface area contributed by atoms with Crippen LogP contribution in [0, 0.1) is 5.41 Å². The molecule has 6 nitrogen and oxygen atoms in total. The van der Waals surface area contributed by atoms with E-state index in [1.165, 1.54) is 6.07 Å². The number of pyridine rings is 1. The fourth-order valence-corrected chi connectivity index (χ4v) is 5.86. The Bertz CT molecular complexity index is 1340. The third-order valence-corrected chi connectivity index (χ3v) is 7.79. The lowest BCUT2D eigenvalue weighted by Gasteiger charge is -2.52. The molecule has 37 heavy (non-hydrogen) atoms. The summed E-state index contributed by atoms with van der Waals surface area (Å²) in [4.78, 5) is 40.6. The monoisotopic (exact) mass is 540 g/mol. The van der Waals surface area contributed by atoms with E-state index >= 15 is 0 Å². The highest BCUT2D eigenvalue weighted by molar-refractivity contribution is 6.30. The second-order valence-corrected chi connectivity index (χ2v) is 10.8. The van der Waals surface area contributed by atoms with Crippen LogP contribution in [0.3, 0.4) is 0 Å². The highest BCUT2D eigenvalue weighted by Crippen LogP contribution is 2.52. The number of carboxylic acids is 1. The Morgan fingerprint density at radius 3 is 2.38 bits per heavy atom. The molecule has 1 saturated heterocycles. The van der Waals surface area contributed by atoms with Crippen LogP contribution in [0.25, 0.3) is 0 Å². The van der Waals surface area contributed by atoms with Crippen molar-refractivity contribution in [1.82, 2.24) is 9.47 Å². The third-order valence-electron chi connectivity index (χ3n) is 7.30. The molecule has 2 unspecified atom stereocenters. The Morgan fingerprint density at radius 1 is 1.03 bits per heavy atom. The smallest absolute Gasteiger partial charge is 0.304 e. The minimum atomic E-state index is -1.14. The summed E-state index contributed by atoms with van der Waals surface area (Å²) in [5, 5.41) is 10.9. The Hall–Kier alpha value is -3.09. The van der Waals surface area contributed by atoms with Gasteiger partial charge < -0.3 is 14.6 Å². The number of aliphatic carboxylic acids is 1. The molecule has 4 atom stereocenters. The number of hydrogen-bond donors (Lipinski definition) is 1. The summed E-state index contributed by atoms with van der Waals surface area (Å²) in [5.74, 6) is -1.50. The summed E-state index contributed by atoms with van der Waals surface area (Å²) in [6.45, 7) is 3.99. The Labute approximate surface area is 226 Å². The van der Waals surface area contributed by atoms with Crippen LogP contribution in [0.5, 0.6) is 0 Å². The summed E-state index contributed by atoms with van der Waals surface area (Å²) in [6, 6.07) is 19.1. The number of aromatic nitrogens is 1. The number of carbonyl (C=O) groups is 2. The van der Waals surface area contributed by atoms with Gasteiger partial charge in [-0.2, -0.15) is 0 Å². The second kappa shape index (κ2) is 11.1. The van der Waals surface area contributed by atoms with E-state index in [1.807, 2.05) is 42.2 Å². The minimum absolute atomic E-state index is 0.159. The van der Waals surface area contributed by atoms with Crippen LogP contribution in [0.2, 0.25) is 10.0 Å². The number of halogens is 2. The summed E-state index contributed by atoms with van der Waals surface area (Å²) in [6.07, 6.45) is 2.32. The van der Waals surface area contributed by atoms with Gasteiger partial charge in [0.2, 0.25) is 5.91 Å². The van der Waals surface area contributed by atoms with Crippen molar-refractivity contribution in [2.24, 2.45) is 5.41 Å². The van der Waals surface area contributed by atoms with E-state index in [4.69, 9.17) is 23.2 Å². The van der Waals surface area contributed by atoms with Crippen molar-refractivity contribution in [1.29, 1.82) is 0 Å². The fraction of sp³-hybridized carbons (Fsp3) is 0.345. The van der Waals surface area contributed by atoms with Crippen molar-refractivity contribution < 1.29 is 14.7 Å². The summed E-state index contributed by atoms with van der Waals surface area (Å²) < 4.78 is 1.60. The van der Waals surface area contributed by atoms with Gasteiger partial charge in [0, 0.05) is 34.8 Å². The molecule has 1 aliphatic rings. The molecule has 0 spiro atoms. The molecule has 194 valence electrons. The van der Waals surface area contributed by atoms with Crippen LogP contribution in [0.4, 0.5) is 0 Å². The average Bonchev–Trinajstić information content (AvgIpc) is 2.85. The zero-order chi connectivity index (χ0) is 26.7. The molecule has 1 aromatic heterocycles. The topological polar surface area (TPSA) is 79.6 Å². The predicted octanol–water partition coefficient (Wildman–Crippen LogP) is 6.17. The van der Waals surface area contributed by atoms with Crippen LogP contribution < -0.4 is 5.56 Å². The van der Waals surface area contributed by atoms with E-state index in [0.717, 1.165) is 11.1 Å². The van der Waals surface area contributed by atoms with Gasteiger partial charge in [-0.05, 0) is 54.3 Å². The number of likely N-dealkylation sites (tertiary alicyclic amines) is 1. The maximum Gasteiger partial charge on any atom is 0.304 e. The van der Waals surface area contributed by atoms with Crippen molar-refractivity contribution >= 4 is 35.1 Å². The Balaban J connectivity index is 1.91. The van der Waals surface area contributed by atoms with Crippen LogP contribution >= 0.6 is 23.2 Å². The summed E-state index contributed by atoms with van der Waals surface area (Å²) in [5.41, 5.74) is 0.511. The third kappa shape index (κ3) is 5.76.